The molecule has 1 fully saturated rings. The molecule has 0 aromatic carbocycles. The van der Waals surface area contributed by atoms with Crippen molar-refractivity contribution < 1.29 is 4.52 Å². The van der Waals surface area contributed by atoms with Crippen LogP contribution in [-0.2, 0) is 13.6 Å². The fourth-order valence-electron chi connectivity index (χ4n) is 3.01. The molecule has 0 aliphatic carbocycles. The van der Waals surface area contributed by atoms with Gasteiger partial charge in [-0.25, -0.2) is 0 Å². The molecule has 20 heavy (non-hydrogen) atoms. The Hall–Kier alpha value is -1.62. The van der Waals surface area contributed by atoms with Crippen LogP contribution in [0.5, 0.6) is 0 Å². The summed E-state index contributed by atoms with van der Waals surface area (Å²) in [6.45, 7) is 4.02. The Morgan fingerprint density at radius 1 is 1.35 bits per heavy atom. The van der Waals surface area contributed by atoms with Crippen LogP contribution in [0.1, 0.15) is 48.7 Å². The molecule has 1 aliphatic heterocycles. The third kappa shape index (κ3) is 2.93. The lowest BCUT2D eigenvalue weighted by atomic mass is 10.1. The normalized spacial score (nSPS) is 21.0. The van der Waals surface area contributed by atoms with E-state index in [9.17, 15) is 0 Å². The summed E-state index contributed by atoms with van der Waals surface area (Å²) in [5.41, 5.74) is 2.22. The van der Waals surface area contributed by atoms with E-state index in [1.165, 1.54) is 24.8 Å². The fraction of sp³-hybridized carbons (Fsp3) is 0.600. The van der Waals surface area contributed by atoms with Gasteiger partial charge in [-0.05, 0) is 26.3 Å². The van der Waals surface area contributed by atoms with Crippen LogP contribution in [0.25, 0.3) is 0 Å². The average Bonchev–Trinajstić information content (AvgIpc) is 2.95. The minimum absolute atomic E-state index is 0.346. The van der Waals surface area contributed by atoms with Gasteiger partial charge in [-0.15, -0.1) is 0 Å². The zero-order valence-electron chi connectivity index (χ0n) is 12.2. The lowest BCUT2D eigenvalue weighted by Crippen LogP contribution is -2.27. The standard InChI is InChI=1S/C15H22N4O/c1-12-8-15(20-17-12)14-6-4-3-5-7-19(14)11-13-9-16-18(2)10-13/h8-10,14H,3-7,11H2,1-2H3/t14-/m0/s1. The van der Waals surface area contributed by atoms with Crippen LogP contribution in [0.2, 0.25) is 0 Å². The molecule has 108 valence electrons. The lowest BCUT2D eigenvalue weighted by Gasteiger charge is -2.27. The van der Waals surface area contributed by atoms with Crippen molar-refractivity contribution in [3.63, 3.8) is 0 Å². The number of nitrogens with zero attached hydrogens (tertiary/aromatic N) is 4. The summed E-state index contributed by atoms with van der Waals surface area (Å²) in [6.07, 6.45) is 9.00. The second kappa shape index (κ2) is 5.79. The summed E-state index contributed by atoms with van der Waals surface area (Å²) in [5.74, 6) is 1.01. The van der Waals surface area contributed by atoms with E-state index < -0.39 is 0 Å². The molecular weight excluding hydrogens is 252 g/mol. The molecule has 5 heteroatoms. The molecule has 0 bridgehead atoms. The second-order valence-electron chi connectivity index (χ2n) is 5.73. The summed E-state index contributed by atoms with van der Waals surface area (Å²) in [4.78, 5) is 2.50. The van der Waals surface area contributed by atoms with E-state index in [-0.39, 0.29) is 0 Å². The predicted molar refractivity (Wildman–Crippen MR) is 76.1 cm³/mol. The van der Waals surface area contributed by atoms with Crippen LogP contribution in [0, 0.1) is 6.92 Å². The van der Waals surface area contributed by atoms with Crippen molar-refractivity contribution in [2.24, 2.45) is 7.05 Å². The van der Waals surface area contributed by atoms with Crippen molar-refractivity contribution in [3.8, 4) is 0 Å². The van der Waals surface area contributed by atoms with Gasteiger partial charge in [0, 0.05) is 31.4 Å². The molecule has 1 saturated heterocycles. The number of rotatable bonds is 3. The maximum atomic E-state index is 5.52. The first-order chi connectivity index (χ1) is 9.72. The van der Waals surface area contributed by atoms with Gasteiger partial charge in [0.05, 0.1) is 17.9 Å². The molecule has 0 spiro atoms. The highest BCUT2D eigenvalue weighted by atomic mass is 16.5. The van der Waals surface area contributed by atoms with Crippen molar-refractivity contribution in [2.45, 2.75) is 45.2 Å². The number of hydrogen-bond acceptors (Lipinski definition) is 4. The minimum Gasteiger partial charge on any atom is -0.359 e. The third-order valence-electron chi connectivity index (χ3n) is 3.98. The molecule has 1 atom stereocenters. The van der Waals surface area contributed by atoms with Crippen molar-refractivity contribution in [3.05, 3.63) is 35.5 Å². The minimum atomic E-state index is 0.346. The molecule has 0 radical (unpaired) electrons. The molecule has 1 aliphatic rings. The predicted octanol–water partition coefficient (Wildman–Crippen LogP) is 2.83. The molecule has 3 heterocycles. The Balaban J connectivity index is 1.80. The van der Waals surface area contributed by atoms with Gasteiger partial charge in [-0.1, -0.05) is 18.0 Å². The largest absolute Gasteiger partial charge is 0.359 e. The quantitative estimate of drug-likeness (QED) is 0.863. The molecule has 3 rings (SSSR count). The molecule has 0 unspecified atom stereocenters. The zero-order chi connectivity index (χ0) is 13.9. The smallest absolute Gasteiger partial charge is 0.154 e. The average molecular weight is 274 g/mol. The second-order valence-corrected chi connectivity index (χ2v) is 5.73. The van der Waals surface area contributed by atoms with Crippen LogP contribution < -0.4 is 0 Å². The molecule has 2 aromatic heterocycles. The monoisotopic (exact) mass is 274 g/mol. The number of aromatic nitrogens is 3. The molecule has 5 nitrogen and oxygen atoms in total. The summed E-state index contributed by atoms with van der Waals surface area (Å²) in [5, 5.41) is 8.31. The highest BCUT2D eigenvalue weighted by Gasteiger charge is 2.26. The first-order valence-corrected chi connectivity index (χ1v) is 7.37. The van der Waals surface area contributed by atoms with Gasteiger partial charge in [-0.3, -0.25) is 9.58 Å². The summed E-state index contributed by atoms with van der Waals surface area (Å²) >= 11 is 0. The maximum Gasteiger partial charge on any atom is 0.154 e. The Morgan fingerprint density at radius 2 is 2.25 bits per heavy atom. The van der Waals surface area contributed by atoms with Crippen LogP contribution in [0.4, 0.5) is 0 Å². The molecule has 0 amide bonds. The number of aryl methyl sites for hydroxylation is 2. The van der Waals surface area contributed by atoms with E-state index in [1.807, 2.05) is 24.9 Å². The Bertz CT molecular complexity index is 560. The van der Waals surface area contributed by atoms with E-state index in [2.05, 4.69) is 27.4 Å². The molecule has 0 N–H and O–H groups in total. The highest BCUT2D eigenvalue weighted by molar-refractivity contribution is 5.10. The van der Waals surface area contributed by atoms with Gasteiger partial charge in [-0.2, -0.15) is 5.10 Å². The van der Waals surface area contributed by atoms with E-state index in [4.69, 9.17) is 4.52 Å². The maximum absolute atomic E-state index is 5.52. The van der Waals surface area contributed by atoms with Gasteiger partial charge < -0.3 is 4.52 Å². The van der Waals surface area contributed by atoms with E-state index >= 15 is 0 Å². The molecule has 0 saturated carbocycles. The van der Waals surface area contributed by atoms with Gasteiger partial charge in [0.1, 0.15) is 0 Å². The van der Waals surface area contributed by atoms with E-state index in [1.54, 1.807) is 0 Å². The fourth-order valence-corrected chi connectivity index (χ4v) is 3.01. The highest BCUT2D eigenvalue weighted by Crippen LogP contribution is 2.31. The van der Waals surface area contributed by atoms with Crippen LogP contribution in [-0.4, -0.2) is 26.4 Å². The van der Waals surface area contributed by atoms with Crippen LogP contribution in [0.3, 0.4) is 0 Å². The van der Waals surface area contributed by atoms with Crippen molar-refractivity contribution in [2.75, 3.05) is 6.54 Å². The Labute approximate surface area is 119 Å². The van der Waals surface area contributed by atoms with E-state index in [0.717, 1.165) is 31.0 Å². The van der Waals surface area contributed by atoms with Crippen molar-refractivity contribution >= 4 is 0 Å². The van der Waals surface area contributed by atoms with Crippen LogP contribution >= 0.6 is 0 Å². The SMILES string of the molecule is Cc1cc([C@@H]2CCCCCN2Cc2cnn(C)c2)on1. The van der Waals surface area contributed by atoms with Gasteiger partial charge in [0.15, 0.2) is 5.76 Å². The number of hydrogen-bond donors (Lipinski definition) is 0. The number of likely N-dealkylation sites (tertiary alicyclic amines) is 1. The summed E-state index contributed by atoms with van der Waals surface area (Å²) in [6, 6.07) is 2.42. The third-order valence-corrected chi connectivity index (χ3v) is 3.98. The van der Waals surface area contributed by atoms with E-state index in [0.29, 0.717) is 6.04 Å². The van der Waals surface area contributed by atoms with Crippen molar-refractivity contribution in [1.82, 2.24) is 19.8 Å². The van der Waals surface area contributed by atoms with Gasteiger partial charge >= 0.3 is 0 Å². The topological polar surface area (TPSA) is 47.1 Å². The first-order valence-electron chi connectivity index (χ1n) is 7.37. The molecule has 2 aromatic rings. The van der Waals surface area contributed by atoms with Crippen LogP contribution in [0.15, 0.2) is 23.0 Å². The zero-order valence-corrected chi connectivity index (χ0v) is 12.2. The molecular formula is C15H22N4O. The van der Waals surface area contributed by atoms with Crippen molar-refractivity contribution in [1.29, 1.82) is 0 Å². The Morgan fingerprint density at radius 3 is 2.95 bits per heavy atom. The summed E-state index contributed by atoms with van der Waals surface area (Å²) in [7, 11) is 1.96. The van der Waals surface area contributed by atoms with Gasteiger partial charge in [0.2, 0.25) is 0 Å². The first kappa shape index (κ1) is 13.4. The summed E-state index contributed by atoms with van der Waals surface area (Å²) < 4.78 is 7.38. The Kier molecular flexibility index (Phi) is 3.87. The lowest BCUT2D eigenvalue weighted by molar-refractivity contribution is 0.160. The van der Waals surface area contributed by atoms with Gasteiger partial charge in [0.25, 0.3) is 0 Å².